The van der Waals surface area contributed by atoms with Crippen molar-refractivity contribution in [2.24, 2.45) is 5.92 Å². The van der Waals surface area contributed by atoms with Gasteiger partial charge in [-0.15, -0.1) is 0 Å². The van der Waals surface area contributed by atoms with Crippen molar-refractivity contribution in [2.75, 3.05) is 10.6 Å². The molecule has 1 saturated carbocycles. The van der Waals surface area contributed by atoms with E-state index in [1.165, 1.54) is 24.0 Å². The van der Waals surface area contributed by atoms with Gasteiger partial charge in [0, 0.05) is 18.4 Å². The van der Waals surface area contributed by atoms with E-state index < -0.39 is 0 Å². The monoisotopic (exact) mass is 384 g/mol. The molecule has 0 radical (unpaired) electrons. The minimum absolute atomic E-state index is 0.584. The second kappa shape index (κ2) is 7.62. The van der Waals surface area contributed by atoms with Crippen molar-refractivity contribution in [2.45, 2.75) is 26.3 Å². The van der Waals surface area contributed by atoms with Crippen molar-refractivity contribution < 1.29 is 0 Å². The van der Waals surface area contributed by atoms with Crippen LogP contribution in [0.2, 0.25) is 0 Å². The highest BCUT2D eigenvalue weighted by Crippen LogP contribution is 2.36. The maximum absolute atomic E-state index is 4.52. The molecule has 1 aromatic heterocycles. The lowest BCUT2D eigenvalue weighted by Gasteiger charge is -2.11. The lowest BCUT2D eigenvalue weighted by Crippen LogP contribution is -2.07. The molecule has 0 saturated heterocycles. The van der Waals surface area contributed by atoms with E-state index in [-0.39, 0.29) is 0 Å². The normalized spacial score (nSPS) is 14.3. The van der Waals surface area contributed by atoms with Gasteiger partial charge in [-0.25, -0.2) is 4.98 Å². The lowest BCUT2D eigenvalue weighted by atomic mass is 10.1. The van der Waals surface area contributed by atoms with Gasteiger partial charge in [0.05, 0.1) is 4.47 Å². The fourth-order valence-electron chi connectivity index (χ4n) is 2.44. The number of aromatic nitrogens is 2. The minimum Gasteiger partial charge on any atom is -0.350 e. The quantitative estimate of drug-likeness (QED) is 0.649. The summed E-state index contributed by atoms with van der Waals surface area (Å²) in [5, 5.41) is 6.50. The molecule has 2 N–H and O–H groups in total. The third-order valence-corrected chi connectivity index (χ3v) is 4.52. The molecule has 1 aliphatic rings. The Hall–Kier alpha value is -2.14. The summed E-state index contributed by atoms with van der Waals surface area (Å²) in [4.78, 5) is 8.83. The van der Waals surface area contributed by atoms with Gasteiger partial charge in [-0.3, -0.25) is 0 Å². The van der Waals surface area contributed by atoms with Crippen LogP contribution in [-0.2, 0) is 6.54 Å². The summed E-state index contributed by atoms with van der Waals surface area (Å²) in [7, 11) is 0. The molecule has 5 heteroatoms. The molecule has 1 heterocycles. The predicted molar refractivity (Wildman–Crippen MR) is 103 cm³/mol. The van der Waals surface area contributed by atoms with Gasteiger partial charge in [-0.1, -0.05) is 42.5 Å². The molecule has 1 fully saturated rings. The van der Waals surface area contributed by atoms with Gasteiger partial charge < -0.3 is 10.6 Å². The van der Waals surface area contributed by atoms with Crippen LogP contribution in [0.1, 0.15) is 25.3 Å². The van der Waals surface area contributed by atoms with Gasteiger partial charge in [0.25, 0.3) is 0 Å². The molecule has 24 heavy (non-hydrogen) atoms. The molecule has 0 amide bonds. The molecule has 1 aliphatic carbocycles. The number of nitrogens with zero attached hydrogens (tertiary/aromatic N) is 2. The molecular weight excluding hydrogens is 364 g/mol. The number of anilines is 2. The molecule has 124 valence electrons. The van der Waals surface area contributed by atoms with Crippen molar-refractivity contribution in [3.8, 4) is 0 Å². The predicted octanol–water partition coefficient (Wildman–Crippen LogP) is 5.13. The molecule has 0 atom stereocenters. The molecule has 0 bridgehead atoms. The van der Waals surface area contributed by atoms with Gasteiger partial charge in [-0.05, 0) is 53.3 Å². The lowest BCUT2D eigenvalue weighted by molar-refractivity contribution is 1.00. The smallest absolute Gasteiger partial charge is 0.224 e. The Morgan fingerprint density at radius 2 is 2.08 bits per heavy atom. The van der Waals surface area contributed by atoms with Crippen LogP contribution in [0.25, 0.3) is 0 Å². The summed E-state index contributed by atoms with van der Waals surface area (Å²) >= 11 is 3.49. The van der Waals surface area contributed by atoms with Crippen molar-refractivity contribution in [3.63, 3.8) is 0 Å². The number of rotatable bonds is 7. The fraction of sp³-hybridized carbons (Fsp3) is 0.263. The number of hydrogen-bond acceptors (Lipinski definition) is 4. The molecular formula is C19H21BrN4. The molecule has 1 aromatic carbocycles. The summed E-state index contributed by atoms with van der Waals surface area (Å²) in [6.45, 7) is 6.92. The van der Waals surface area contributed by atoms with E-state index in [4.69, 9.17) is 0 Å². The van der Waals surface area contributed by atoms with Crippen LogP contribution in [0.4, 0.5) is 11.8 Å². The summed E-state index contributed by atoms with van der Waals surface area (Å²) in [6, 6.07) is 10.2. The minimum atomic E-state index is 0.584. The van der Waals surface area contributed by atoms with Crippen LogP contribution in [-0.4, -0.2) is 9.97 Å². The van der Waals surface area contributed by atoms with Gasteiger partial charge in [-0.2, -0.15) is 4.98 Å². The Labute approximate surface area is 151 Å². The number of halogens is 1. The van der Waals surface area contributed by atoms with E-state index in [2.05, 4.69) is 68.2 Å². The van der Waals surface area contributed by atoms with Crippen LogP contribution >= 0.6 is 15.9 Å². The molecule has 0 spiro atoms. The summed E-state index contributed by atoms with van der Waals surface area (Å²) in [5.41, 5.74) is 3.40. The Morgan fingerprint density at radius 1 is 1.33 bits per heavy atom. The van der Waals surface area contributed by atoms with Crippen molar-refractivity contribution in [3.05, 3.63) is 70.5 Å². The van der Waals surface area contributed by atoms with Crippen LogP contribution < -0.4 is 10.6 Å². The van der Waals surface area contributed by atoms with Gasteiger partial charge in [0.1, 0.15) is 5.82 Å². The van der Waals surface area contributed by atoms with Gasteiger partial charge >= 0.3 is 0 Å². The second-order valence-electron chi connectivity index (χ2n) is 6.04. The molecule has 4 nitrogen and oxygen atoms in total. The van der Waals surface area contributed by atoms with E-state index in [0.29, 0.717) is 18.3 Å². The first kappa shape index (κ1) is 16.7. The first-order valence-electron chi connectivity index (χ1n) is 8.06. The number of allylic oxidation sites excluding steroid dienone is 2. The zero-order valence-corrected chi connectivity index (χ0v) is 15.3. The van der Waals surface area contributed by atoms with Crippen LogP contribution in [0.15, 0.2) is 64.9 Å². The third-order valence-electron chi connectivity index (χ3n) is 3.94. The molecule has 0 unspecified atom stereocenters. The Kier molecular flexibility index (Phi) is 5.30. The topological polar surface area (TPSA) is 49.8 Å². The van der Waals surface area contributed by atoms with E-state index >= 15 is 0 Å². The number of hydrogen-bond donors (Lipinski definition) is 2. The average Bonchev–Trinajstić information content (AvgIpc) is 3.41. The Morgan fingerprint density at radius 3 is 2.79 bits per heavy atom. The first-order valence-corrected chi connectivity index (χ1v) is 8.85. The molecule has 0 aliphatic heterocycles. The fourth-order valence-corrected chi connectivity index (χ4v) is 2.73. The zero-order chi connectivity index (χ0) is 16.9. The van der Waals surface area contributed by atoms with Crippen molar-refractivity contribution in [1.29, 1.82) is 0 Å². The first-order chi connectivity index (χ1) is 11.6. The maximum Gasteiger partial charge on any atom is 0.224 e. The van der Waals surface area contributed by atoms with Crippen molar-refractivity contribution in [1.82, 2.24) is 9.97 Å². The Bertz CT molecular complexity index is 751. The Balaban J connectivity index is 1.65. The maximum atomic E-state index is 4.52. The number of benzene rings is 1. The van der Waals surface area contributed by atoms with Gasteiger partial charge in [0.2, 0.25) is 5.95 Å². The summed E-state index contributed by atoms with van der Waals surface area (Å²) in [5.74, 6) is 2.03. The third kappa shape index (κ3) is 4.68. The highest BCUT2D eigenvalue weighted by atomic mass is 79.9. The highest BCUT2D eigenvalue weighted by Gasteiger charge is 2.22. The van der Waals surface area contributed by atoms with E-state index in [0.717, 1.165) is 16.1 Å². The number of nitrogens with one attached hydrogen (secondary N) is 2. The van der Waals surface area contributed by atoms with E-state index in [1.807, 2.05) is 18.2 Å². The molecule has 3 rings (SSSR count). The zero-order valence-electron chi connectivity index (χ0n) is 13.7. The standard InChI is InChI=1S/C19H21BrN4/c1-13(16-8-9-16)10-14(2)23-18-17(20)12-22-19(24-18)21-11-15-6-4-3-5-7-15/h3-7,10,12,16H,2,8-9,11H2,1H3,(H2,21,22,23,24)/b13-10+. The molecule has 2 aromatic rings. The van der Waals surface area contributed by atoms with Crippen molar-refractivity contribution >= 4 is 27.7 Å². The highest BCUT2D eigenvalue weighted by molar-refractivity contribution is 9.10. The van der Waals surface area contributed by atoms with Crippen LogP contribution in [0.5, 0.6) is 0 Å². The largest absolute Gasteiger partial charge is 0.350 e. The van der Waals surface area contributed by atoms with Crippen LogP contribution in [0.3, 0.4) is 0 Å². The van der Waals surface area contributed by atoms with E-state index in [9.17, 15) is 0 Å². The second-order valence-corrected chi connectivity index (χ2v) is 6.90. The summed E-state index contributed by atoms with van der Waals surface area (Å²) in [6.07, 6.45) is 6.43. The summed E-state index contributed by atoms with van der Waals surface area (Å²) < 4.78 is 0.811. The SMILES string of the molecule is C=C(/C=C(\C)C1CC1)Nc1nc(NCc2ccccc2)ncc1Br. The average molecular weight is 385 g/mol. The van der Waals surface area contributed by atoms with Gasteiger partial charge in [0.15, 0.2) is 0 Å². The van der Waals surface area contributed by atoms with Crippen LogP contribution in [0, 0.1) is 5.92 Å². The van der Waals surface area contributed by atoms with E-state index in [1.54, 1.807) is 6.20 Å².